The maximum atomic E-state index is 11.1. The molecular weight excluding hydrogens is 216 g/mol. The number of piperidine rings is 1. The average Bonchev–Trinajstić information content (AvgIpc) is 2.31. The molecule has 1 aliphatic rings. The molecule has 1 saturated heterocycles. The van der Waals surface area contributed by atoms with Crippen LogP contribution in [0, 0.1) is 5.92 Å². The van der Waals surface area contributed by atoms with Gasteiger partial charge in [-0.2, -0.15) is 0 Å². The first-order valence-corrected chi connectivity index (χ1v) is 6.78. The third-order valence-corrected chi connectivity index (χ3v) is 3.64. The first-order valence-electron chi connectivity index (χ1n) is 6.78. The lowest BCUT2D eigenvalue weighted by molar-refractivity contribution is -0.139. The number of carboxylic acids is 1. The summed E-state index contributed by atoms with van der Waals surface area (Å²) in [6.45, 7) is 5.22. The van der Waals surface area contributed by atoms with Gasteiger partial charge >= 0.3 is 5.97 Å². The van der Waals surface area contributed by atoms with E-state index < -0.39 is 5.97 Å². The lowest BCUT2D eigenvalue weighted by Crippen LogP contribution is -2.42. The van der Waals surface area contributed by atoms with Gasteiger partial charge < -0.3 is 15.3 Å². The number of likely N-dealkylation sites (tertiary alicyclic amines) is 1. The molecule has 1 heterocycles. The van der Waals surface area contributed by atoms with Crippen LogP contribution in [0.25, 0.3) is 0 Å². The Bertz CT molecular complexity index is 225. The van der Waals surface area contributed by atoms with E-state index in [4.69, 9.17) is 5.11 Å². The number of carboxylic acid groups (broad SMARTS) is 1. The van der Waals surface area contributed by atoms with Gasteiger partial charge in [-0.3, -0.25) is 4.79 Å². The number of aliphatic carboxylic acids is 1. The fourth-order valence-corrected chi connectivity index (χ4v) is 2.30. The van der Waals surface area contributed by atoms with Crippen LogP contribution in [0.1, 0.15) is 39.0 Å². The van der Waals surface area contributed by atoms with Gasteiger partial charge in [-0.1, -0.05) is 19.8 Å². The zero-order valence-electron chi connectivity index (χ0n) is 11.1. The lowest BCUT2D eigenvalue weighted by atomic mass is 9.96. The van der Waals surface area contributed by atoms with Crippen molar-refractivity contribution in [1.29, 1.82) is 0 Å². The molecular formula is C13H26N2O2. The van der Waals surface area contributed by atoms with Crippen LogP contribution in [0.4, 0.5) is 0 Å². The Morgan fingerprint density at radius 2 is 2.12 bits per heavy atom. The summed E-state index contributed by atoms with van der Waals surface area (Å²) in [6, 6.07) is -0.352. The molecule has 0 amide bonds. The number of nitrogens with one attached hydrogen (secondary N) is 1. The van der Waals surface area contributed by atoms with Gasteiger partial charge in [0.25, 0.3) is 0 Å². The van der Waals surface area contributed by atoms with E-state index in [1.165, 1.54) is 12.8 Å². The second-order valence-corrected chi connectivity index (χ2v) is 5.19. The SMILES string of the molecule is CCCCC(NCC1CCN(C)CC1)C(=O)O. The van der Waals surface area contributed by atoms with Crippen molar-refractivity contribution in [3.8, 4) is 0 Å². The summed E-state index contributed by atoms with van der Waals surface area (Å²) >= 11 is 0. The van der Waals surface area contributed by atoms with Gasteiger partial charge in [0.1, 0.15) is 6.04 Å². The topological polar surface area (TPSA) is 52.6 Å². The van der Waals surface area contributed by atoms with E-state index in [0.29, 0.717) is 5.92 Å². The van der Waals surface area contributed by atoms with E-state index in [0.717, 1.165) is 38.9 Å². The Labute approximate surface area is 104 Å². The van der Waals surface area contributed by atoms with Crippen molar-refractivity contribution in [3.63, 3.8) is 0 Å². The quantitative estimate of drug-likeness (QED) is 0.711. The molecule has 1 atom stereocenters. The largest absolute Gasteiger partial charge is 0.480 e. The van der Waals surface area contributed by atoms with Crippen molar-refractivity contribution in [2.75, 3.05) is 26.7 Å². The van der Waals surface area contributed by atoms with Crippen molar-refractivity contribution in [2.45, 2.75) is 45.1 Å². The van der Waals surface area contributed by atoms with Gasteiger partial charge in [-0.25, -0.2) is 0 Å². The Kier molecular flexibility index (Phi) is 6.52. The van der Waals surface area contributed by atoms with Crippen LogP contribution in [0.3, 0.4) is 0 Å². The van der Waals surface area contributed by atoms with Gasteiger partial charge in [0, 0.05) is 0 Å². The van der Waals surface area contributed by atoms with Gasteiger partial charge in [0.05, 0.1) is 0 Å². The Balaban J connectivity index is 2.23. The Hall–Kier alpha value is -0.610. The van der Waals surface area contributed by atoms with E-state index in [9.17, 15) is 4.79 Å². The fourth-order valence-electron chi connectivity index (χ4n) is 2.30. The van der Waals surface area contributed by atoms with Gasteiger partial charge in [-0.05, 0) is 51.9 Å². The van der Waals surface area contributed by atoms with Crippen molar-refractivity contribution in [3.05, 3.63) is 0 Å². The summed E-state index contributed by atoms with van der Waals surface area (Å²) in [5.41, 5.74) is 0. The highest BCUT2D eigenvalue weighted by Gasteiger charge is 2.20. The molecule has 4 nitrogen and oxygen atoms in total. The van der Waals surface area contributed by atoms with Crippen LogP contribution in [0.15, 0.2) is 0 Å². The van der Waals surface area contributed by atoms with Gasteiger partial charge in [0.2, 0.25) is 0 Å². The molecule has 0 spiro atoms. The van der Waals surface area contributed by atoms with Crippen molar-refractivity contribution < 1.29 is 9.90 Å². The van der Waals surface area contributed by atoms with Crippen LogP contribution in [0.5, 0.6) is 0 Å². The van der Waals surface area contributed by atoms with Crippen LogP contribution in [-0.4, -0.2) is 48.7 Å². The Morgan fingerprint density at radius 1 is 1.47 bits per heavy atom. The highest BCUT2D eigenvalue weighted by atomic mass is 16.4. The number of carbonyl (C=O) groups is 1. The molecule has 17 heavy (non-hydrogen) atoms. The molecule has 1 fully saturated rings. The maximum absolute atomic E-state index is 11.1. The summed E-state index contributed by atoms with van der Waals surface area (Å²) in [4.78, 5) is 13.4. The van der Waals surface area contributed by atoms with Crippen LogP contribution in [-0.2, 0) is 4.79 Å². The van der Waals surface area contributed by atoms with Gasteiger partial charge in [-0.15, -0.1) is 0 Å². The molecule has 4 heteroatoms. The summed E-state index contributed by atoms with van der Waals surface area (Å²) in [5.74, 6) is -0.0546. The summed E-state index contributed by atoms with van der Waals surface area (Å²) in [6.07, 6.45) is 5.16. The van der Waals surface area contributed by atoms with E-state index in [-0.39, 0.29) is 6.04 Å². The third-order valence-electron chi connectivity index (χ3n) is 3.64. The molecule has 0 aromatic carbocycles. The summed E-state index contributed by atoms with van der Waals surface area (Å²) < 4.78 is 0. The fraction of sp³-hybridized carbons (Fsp3) is 0.923. The predicted molar refractivity (Wildman–Crippen MR) is 69.2 cm³/mol. The highest BCUT2D eigenvalue weighted by Crippen LogP contribution is 2.15. The number of hydrogen-bond acceptors (Lipinski definition) is 3. The van der Waals surface area contributed by atoms with Crippen LogP contribution in [0.2, 0.25) is 0 Å². The third kappa shape index (κ3) is 5.50. The Morgan fingerprint density at radius 3 is 2.65 bits per heavy atom. The average molecular weight is 242 g/mol. The monoisotopic (exact) mass is 242 g/mol. The number of hydrogen-bond donors (Lipinski definition) is 2. The number of rotatable bonds is 7. The molecule has 1 rings (SSSR count). The smallest absolute Gasteiger partial charge is 0.320 e. The highest BCUT2D eigenvalue weighted by molar-refractivity contribution is 5.73. The minimum absolute atomic E-state index is 0.352. The van der Waals surface area contributed by atoms with Crippen LogP contribution >= 0.6 is 0 Å². The summed E-state index contributed by atoms with van der Waals surface area (Å²) in [7, 11) is 2.14. The van der Waals surface area contributed by atoms with E-state index >= 15 is 0 Å². The molecule has 0 aromatic heterocycles. The first-order chi connectivity index (χ1) is 8.13. The van der Waals surface area contributed by atoms with Crippen molar-refractivity contribution >= 4 is 5.97 Å². The number of unbranched alkanes of at least 4 members (excludes halogenated alkanes) is 1. The molecule has 0 aromatic rings. The zero-order chi connectivity index (χ0) is 12.7. The molecule has 0 bridgehead atoms. The standard InChI is InChI=1S/C13H26N2O2/c1-3-4-5-12(13(16)17)14-10-11-6-8-15(2)9-7-11/h11-12,14H,3-10H2,1-2H3,(H,16,17). The first kappa shape index (κ1) is 14.5. The second-order valence-electron chi connectivity index (χ2n) is 5.19. The summed E-state index contributed by atoms with van der Waals surface area (Å²) in [5, 5.41) is 12.3. The van der Waals surface area contributed by atoms with E-state index in [1.54, 1.807) is 0 Å². The number of nitrogens with zero attached hydrogens (tertiary/aromatic N) is 1. The van der Waals surface area contributed by atoms with Crippen LogP contribution < -0.4 is 5.32 Å². The zero-order valence-corrected chi connectivity index (χ0v) is 11.1. The molecule has 0 aliphatic carbocycles. The molecule has 0 radical (unpaired) electrons. The molecule has 2 N–H and O–H groups in total. The maximum Gasteiger partial charge on any atom is 0.320 e. The molecule has 100 valence electrons. The van der Waals surface area contributed by atoms with Crippen molar-refractivity contribution in [2.24, 2.45) is 5.92 Å². The van der Waals surface area contributed by atoms with E-state index in [1.807, 2.05) is 0 Å². The molecule has 1 unspecified atom stereocenters. The minimum Gasteiger partial charge on any atom is -0.480 e. The molecule has 0 saturated carbocycles. The van der Waals surface area contributed by atoms with Crippen molar-refractivity contribution in [1.82, 2.24) is 10.2 Å². The van der Waals surface area contributed by atoms with Gasteiger partial charge in [0.15, 0.2) is 0 Å². The second kappa shape index (κ2) is 7.67. The van der Waals surface area contributed by atoms with E-state index in [2.05, 4.69) is 24.2 Å². The lowest BCUT2D eigenvalue weighted by Gasteiger charge is -2.29. The normalized spacial score (nSPS) is 20.4. The minimum atomic E-state index is -0.702. The molecule has 1 aliphatic heterocycles. The predicted octanol–water partition coefficient (Wildman–Crippen LogP) is 1.56.